The number of aliphatic carboxylic acids is 1. The second-order valence-corrected chi connectivity index (χ2v) is 5.61. The first-order valence-corrected chi connectivity index (χ1v) is 6.99. The Labute approximate surface area is 127 Å². The second kappa shape index (κ2) is 5.25. The molecule has 0 aliphatic heterocycles. The van der Waals surface area contributed by atoms with Gasteiger partial charge in [-0.1, -0.05) is 0 Å². The van der Waals surface area contributed by atoms with E-state index in [0.717, 1.165) is 11.3 Å². The summed E-state index contributed by atoms with van der Waals surface area (Å²) in [4.78, 5) is 27.2. The zero-order valence-corrected chi connectivity index (χ0v) is 12.1. The molecule has 1 aliphatic carbocycles. The smallest absolute Gasteiger partial charge is 0.311 e. The summed E-state index contributed by atoms with van der Waals surface area (Å²) in [7, 11) is 0. The monoisotopic (exact) mass is 300 g/mol. The van der Waals surface area contributed by atoms with Crippen molar-refractivity contribution in [3.05, 3.63) is 42.0 Å². The van der Waals surface area contributed by atoms with Crippen molar-refractivity contribution in [2.24, 2.45) is 5.41 Å². The largest absolute Gasteiger partial charge is 0.481 e. The van der Waals surface area contributed by atoms with E-state index in [0.29, 0.717) is 18.4 Å². The number of aryl methyl sites for hydroxylation is 1. The molecule has 2 N–H and O–H groups in total. The third-order valence-electron chi connectivity index (χ3n) is 4.03. The molecule has 1 aromatic heterocycles. The molecule has 1 fully saturated rings. The van der Waals surface area contributed by atoms with Crippen molar-refractivity contribution in [3.8, 4) is 5.69 Å². The number of carboxylic acid groups (broad SMARTS) is 1. The summed E-state index contributed by atoms with van der Waals surface area (Å²) in [5.41, 5.74) is 1.39. The second-order valence-electron chi connectivity index (χ2n) is 5.61. The number of carboxylic acids is 1. The van der Waals surface area contributed by atoms with E-state index >= 15 is 0 Å². The summed E-state index contributed by atoms with van der Waals surface area (Å²) in [5, 5.41) is 15.9. The number of carbonyl (C=O) groups is 2. The Morgan fingerprint density at radius 3 is 2.73 bits per heavy atom. The van der Waals surface area contributed by atoms with Gasteiger partial charge in [-0.2, -0.15) is 5.10 Å². The van der Waals surface area contributed by atoms with Crippen molar-refractivity contribution in [3.63, 3.8) is 0 Å². The number of rotatable bonds is 5. The fraction of sp³-hybridized carbons (Fsp3) is 0.333. The van der Waals surface area contributed by atoms with Crippen molar-refractivity contribution in [1.29, 1.82) is 0 Å². The predicted molar refractivity (Wildman–Crippen MR) is 77.7 cm³/mol. The summed E-state index contributed by atoms with van der Waals surface area (Å²) in [6.07, 6.45) is 4.26. The minimum absolute atomic E-state index is 0.172. The third kappa shape index (κ3) is 2.57. The minimum atomic E-state index is -0.842. The topological polar surface area (TPSA) is 97.1 Å². The van der Waals surface area contributed by atoms with Crippen LogP contribution >= 0.6 is 0 Å². The third-order valence-corrected chi connectivity index (χ3v) is 4.03. The summed E-state index contributed by atoms with van der Waals surface area (Å²) in [6.45, 7) is 2.00. The highest BCUT2D eigenvalue weighted by Crippen LogP contribution is 2.45. The van der Waals surface area contributed by atoms with Crippen LogP contribution in [0.4, 0.5) is 0 Å². The molecule has 1 aromatic carbocycles. The zero-order chi connectivity index (χ0) is 15.7. The van der Waals surface area contributed by atoms with Crippen molar-refractivity contribution < 1.29 is 14.7 Å². The molecule has 0 unspecified atom stereocenters. The molecule has 7 heteroatoms. The van der Waals surface area contributed by atoms with Crippen LogP contribution in [0.3, 0.4) is 0 Å². The number of nitrogens with zero attached hydrogens (tertiary/aromatic N) is 3. The molecule has 0 saturated heterocycles. The lowest BCUT2D eigenvalue weighted by molar-refractivity contribution is -0.143. The maximum Gasteiger partial charge on any atom is 0.311 e. The Bertz CT molecular complexity index is 720. The molecule has 22 heavy (non-hydrogen) atoms. The number of amides is 1. The van der Waals surface area contributed by atoms with Crippen LogP contribution < -0.4 is 5.32 Å². The standard InChI is InChI=1S/C15H16N4O3/c1-10-6-11(19-9-16-8-18-19)2-3-12(10)13(20)17-7-15(4-5-15)14(21)22/h2-3,6,8-9H,4-5,7H2,1H3,(H,17,20)(H,21,22). The Morgan fingerprint density at radius 1 is 1.41 bits per heavy atom. The molecule has 1 heterocycles. The molecule has 0 atom stereocenters. The quantitative estimate of drug-likeness (QED) is 0.864. The van der Waals surface area contributed by atoms with Crippen LogP contribution in [0.25, 0.3) is 5.69 Å². The SMILES string of the molecule is Cc1cc(-n2cncn2)ccc1C(=O)NCC1(C(=O)O)CC1. The average Bonchev–Trinajstić information content (AvgIpc) is 3.09. The number of aromatic nitrogens is 3. The van der Waals surface area contributed by atoms with Crippen LogP contribution in [-0.2, 0) is 4.79 Å². The van der Waals surface area contributed by atoms with Crippen LogP contribution in [0, 0.1) is 12.3 Å². The predicted octanol–water partition coefficient (Wildman–Crippen LogP) is 1.17. The van der Waals surface area contributed by atoms with E-state index < -0.39 is 11.4 Å². The highest BCUT2D eigenvalue weighted by molar-refractivity contribution is 5.96. The first-order chi connectivity index (χ1) is 10.5. The van der Waals surface area contributed by atoms with Gasteiger partial charge in [0.25, 0.3) is 5.91 Å². The summed E-state index contributed by atoms with van der Waals surface area (Å²) < 4.78 is 1.61. The van der Waals surface area contributed by atoms with E-state index in [2.05, 4.69) is 15.4 Å². The molecule has 0 spiro atoms. The number of hydrogen-bond donors (Lipinski definition) is 2. The molecule has 114 valence electrons. The maximum atomic E-state index is 12.2. The number of hydrogen-bond acceptors (Lipinski definition) is 4. The molecule has 7 nitrogen and oxygen atoms in total. The van der Waals surface area contributed by atoms with Gasteiger partial charge in [0, 0.05) is 12.1 Å². The van der Waals surface area contributed by atoms with Gasteiger partial charge < -0.3 is 10.4 Å². The fourth-order valence-electron chi connectivity index (χ4n) is 2.35. The van der Waals surface area contributed by atoms with Gasteiger partial charge in [0.1, 0.15) is 12.7 Å². The van der Waals surface area contributed by atoms with Crippen LogP contribution in [-0.4, -0.2) is 38.3 Å². The number of carbonyl (C=O) groups excluding carboxylic acids is 1. The van der Waals surface area contributed by atoms with Gasteiger partial charge in [-0.15, -0.1) is 0 Å². The molecular weight excluding hydrogens is 284 g/mol. The number of nitrogens with one attached hydrogen (secondary N) is 1. The van der Waals surface area contributed by atoms with Gasteiger partial charge in [-0.3, -0.25) is 9.59 Å². The van der Waals surface area contributed by atoms with Gasteiger partial charge in [0.05, 0.1) is 11.1 Å². The maximum absolute atomic E-state index is 12.2. The first-order valence-electron chi connectivity index (χ1n) is 6.99. The lowest BCUT2D eigenvalue weighted by Gasteiger charge is -2.13. The van der Waals surface area contributed by atoms with Crippen molar-refractivity contribution >= 4 is 11.9 Å². The molecule has 0 bridgehead atoms. The Kier molecular flexibility index (Phi) is 3.40. The lowest BCUT2D eigenvalue weighted by atomic mass is 10.1. The summed E-state index contributed by atoms with van der Waals surface area (Å²) in [6, 6.07) is 5.33. The van der Waals surface area contributed by atoms with Crippen LogP contribution in [0.1, 0.15) is 28.8 Å². The zero-order valence-electron chi connectivity index (χ0n) is 12.1. The molecule has 2 aromatic rings. The van der Waals surface area contributed by atoms with E-state index in [1.54, 1.807) is 23.1 Å². The minimum Gasteiger partial charge on any atom is -0.481 e. The Balaban J connectivity index is 1.72. The van der Waals surface area contributed by atoms with Crippen LogP contribution in [0.2, 0.25) is 0 Å². The molecule has 0 radical (unpaired) electrons. The molecule has 1 saturated carbocycles. The highest BCUT2D eigenvalue weighted by atomic mass is 16.4. The van der Waals surface area contributed by atoms with Crippen molar-refractivity contribution in [2.75, 3.05) is 6.54 Å². The highest BCUT2D eigenvalue weighted by Gasteiger charge is 2.50. The van der Waals surface area contributed by atoms with E-state index in [9.17, 15) is 9.59 Å². The van der Waals surface area contributed by atoms with E-state index in [1.165, 1.54) is 6.33 Å². The molecule has 3 rings (SSSR count). The van der Waals surface area contributed by atoms with Gasteiger partial charge in [-0.05, 0) is 43.5 Å². The van der Waals surface area contributed by atoms with Crippen molar-refractivity contribution in [2.45, 2.75) is 19.8 Å². The Morgan fingerprint density at radius 2 is 2.18 bits per heavy atom. The normalized spacial score (nSPS) is 15.3. The van der Waals surface area contributed by atoms with Gasteiger partial charge in [0.2, 0.25) is 0 Å². The summed E-state index contributed by atoms with van der Waals surface area (Å²) in [5.74, 6) is -1.10. The van der Waals surface area contributed by atoms with E-state index in [-0.39, 0.29) is 12.5 Å². The molecule has 1 amide bonds. The lowest BCUT2D eigenvalue weighted by Crippen LogP contribution is -2.34. The van der Waals surface area contributed by atoms with Crippen molar-refractivity contribution in [1.82, 2.24) is 20.1 Å². The van der Waals surface area contributed by atoms with E-state index in [4.69, 9.17) is 5.11 Å². The fourth-order valence-corrected chi connectivity index (χ4v) is 2.35. The molecular formula is C15H16N4O3. The summed E-state index contributed by atoms with van der Waals surface area (Å²) >= 11 is 0. The van der Waals surface area contributed by atoms with Crippen LogP contribution in [0.5, 0.6) is 0 Å². The number of benzene rings is 1. The van der Waals surface area contributed by atoms with E-state index in [1.807, 2.05) is 13.0 Å². The molecule has 1 aliphatic rings. The first kappa shape index (κ1) is 14.2. The average molecular weight is 300 g/mol. The van der Waals surface area contributed by atoms with Crippen LogP contribution in [0.15, 0.2) is 30.9 Å². The van der Waals surface area contributed by atoms with Gasteiger partial charge in [-0.25, -0.2) is 9.67 Å². The van der Waals surface area contributed by atoms with Gasteiger partial charge >= 0.3 is 5.97 Å². The van der Waals surface area contributed by atoms with Gasteiger partial charge in [0.15, 0.2) is 0 Å². The Hall–Kier alpha value is -2.70.